The first-order valence-electron chi connectivity index (χ1n) is 9.54. The monoisotopic (exact) mass is 404 g/mol. The van der Waals surface area contributed by atoms with Gasteiger partial charge in [-0.05, 0) is 48.5 Å². The smallest absolute Gasteiger partial charge is 0.259 e. The Hall–Kier alpha value is -3.87. The van der Waals surface area contributed by atoms with E-state index in [9.17, 15) is 9.18 Å². The number of carbonyl (C=O) groups excluding carboxylic acids is 1. The van der Waals surface area contributed by atoms with Crippen LogP contribution in [-0.4, -0.2) is 45.4 Å². The number of amides is 1. The maximum Gasteiger partial charge on any atom is 0.259 e. The maximum atomic E-state index is 13.3. The van der Waals surface area contributed by atoms with E-state index in [1.807, 2.05) is 59.4 Å². The third kappa shape index (κ3) is 4.10. The summed E-state index contributed by atoms with van der Waals surface area (Å²) in [6.45, 7) is 0.789. The molecule has 6 nitrogen and oxygen atoms in total. The number of para-hydroxylation sites is 1. The number of nitrogens with zero attached hydrogens (tertiary/aromatic N) is 4. The summed E-state index contributed by atoms with van der Waals surface area (Å²) in [4.78, 5) is 14.7. The number of rotatable bonds is 7. The second-order valence-corrected chi connectivity index (χ2v) is 6.75. The summed E-state index contributed by atoms with van der Waals surface area (Å²) in [6.07, 6.45) is 5.22. The normalized spacial score (nSPS) is 10.7. The van der Waals surface area contributed by atoms with Crippen molar-refractivity contribution in [3.63, 3.8) is 0 Å². The van der Waals surface area contributed by atoms with Crippen molar-refractivity contribution in [2.75, 3.05) is 20.2 Å². The molecule has 2 aromatic carbocycles. The lowest BCUT2D eigenvalue weighted by molar-refractivity contribution is 0.0773. The van der Waals surface area contributed by atoms with Crippen LogP contribution in [0.25, 0.3) is 11.5 Å². The van der Waals surface area contributed by atoms with Gasteiger partial charge in [0.1, 0.15) is 23.7 Å². The zero-order chi connectivity index (χ0) is 20.9. The fraction of sp³-hybridized carbons (Fsp3) is 0.130. The summed E-state index contributed by atoms with van der Waals surface area (Å²) >= 11 is 0. The van der Waals surface area contributed by atoms with E-state index in [0.29, 0.717) is 30.2 Å². The van der Waals surface area contributed by atoms with Crippen molar-refractivity contribution in [3.8, 4) is 17.3 Å². The van der Waals surface area contributed by atoms with Crippen LogP contribution < -0.4 is 4.74 Å². The molecule has 7 heteroatoms. The largest absolute Gasteiger partial charge is 0.492 e. The van der Waals surface area contributed by atoms with Gasteiger partial charge in [0.25, 0.3) is 5.91 Å². The lowest BCUT2D eigenvalue weighted by Gasteiger charge is -2.18. The molecule has 0 fully saturated rings. The van der Waals surface area contributed by atoms with E-state index in [1.165, 1.54) is 18.3 Å². The van der Waals surface area contributed by atoms with E-state index in [1.54, 1.807) is 28.8 Å². The number of carbonyl (C=O) groups is 1. The van der Waals surface area contributed by atoms with E-state index in [-0.39, 0.29) is 11.7 Å². The van der Waals surface area contributed by atoms with Gasteiger partial charge in [-0.25, -0.2) is 9.07 Å². The van der Waals surface area contributed by atoms with E-state index in [2.05, 4.69) is 5.10 Å². The van der Waals surface area contributed by atoms with Gasteiger partial charge in [-0.3, -0.25) is 4.79 Å². The molecule has 4 aromatic rings. The van der Waals surface area contributed by atoms with Gasteiger partial charge in [-0.2, -0.15) is 5.10 Å². The van der Waals surface area contributed by atoms with Crippen LogP contribution in [0, 0.1) is 5.82 Å². The van der Waals surface area contributed by atoms with Crippen LogP contribution in [-0.2, 0) is 0 Å². The van der Waals surface area contributed by atoms with Gasteiger partial charge in [-0.15, -0.1) is 0 Å². The SMILES string of the molecule is CN(CCOc1ccccc1)C(=O)c1cnn(-c2ccc(F)cc2)c1-n1cccc1. The minimum atomic E-state index is -0.331. The Morgan fingerprint density at radius 1 is 1.03 bits per heavy atom. The number of likely N-dealkylation sites (N-methyl/N-ethyl adjacent to an activating group) is 1. The van der Waals surface area contributed by atoms with Gasteiger partial charge in [0, 0.05) is 19.4 Å². The molecule has 30 heavy (non-hydrogen) atoms. The minimum absolute atomic E-state index is 0.177. The van der Waals surface area contributed by atoms with Crippen molar-refractivity contribution in [2.24, 2.45) is 0 Å². The van der Waals surface area contributed by atoms with Gasteiger partial charge < -0.3 is 14.2 Å². The van der Waals surface area contributed by atoms with Gasteiger partial charge in [0.15, 0.2) is 5.82 Å². The molecule has 0 aliphatic rings. The molecular formula is C23H21FN4O2. The summed E-state index contributed by atoms with van der Waals surface area (Å²) in [5, 5.41) is 4.40. The highest BCUT2D eigenvalue weighted by molar-refractivity contribution is 5.97. The van der Waals surface area contributed by atoms with Gasteiger partial charge in [-0.1, -0.05) is 18.2 Å². The quantitative estimate of drug-likeness (QED) is 0.469. The highest BCUT2D eigenvalue weighted by atomic mass is 19.1. The van der Waals surface area contributed by atoms with Crippen LogP contribution >= 0.6 is 0 Å². The molecule has 0 radical (unpaired) electrons. The highest BCUT2D eigenvalue weighted by Crippen LogP contribution is 2.21. The first kappa shape index (κ1) is 19.4. The molecule has 2 aromatic heterocycles. The third-order valence-corrected chi connectivity index (χ3v) is 4.68. The number of hydrogen-bond acceptors (Lipinski definition) is 3. The Kier molecular flexibility index (Phi) is 5.61. The van der Waals surface area contributed by atoms with Crippen LogP contribution in [0.3, 0.4) is 0 Å². The molecule has 152 valence electrons. The van der Waals surface area contributed by atoms with Crippen molar-refractivity contribution in [1.82, 2.24) is 19.2 Å². The van der Waals surface area contributed by atoms with Gasteiger partial charge in [0.05, 0.1) is 18.4 Å². The van der Waals surface area contributed by atoms with Crippen molar-refractivity contribution in [1.29, 1.82) is 0 Å². The van der Waals surface area contributed by atoms with Gasteiger partial charge >= 0.3 is 0 Å². The summed E-state index contributed by atoms with van der Waals surface area (Å²) in [5.74, 6) is 0.842. The molecule has 0 spiro atoms. The molecular weight excluding hydrogens is 383 g/mol. The molecule has 0 unspecified atom stereocenters. The minimum Gasteiger partial charge on any atom is -0.492 e. The summed E-state index contributed by atoms with van der Waals surface area (Å²) in [6, 6.07) is 19.2. The zero-order valence-electron chi connectivity index (χ0n) is 16.5. The van der Waals surface area contributed by atoms with Crippen molar-refractivity contribution in [2.45, 2.75) is 0 Å². The number of halogens is 1. The van der Waals surface area contributed by atoms with Crippen LogP contribution in [0.2, 0.25) is 0 Å². The third-order valence-electron chi connectivity index (χ3n) is 4.68. The summed E-state index contributed by atoms with van der Waals surface area (Å²) in [5.41, 5.74) is 1.10. The first-order chi connectivity index (χ1) is 14.6. The fourth-order valence-corrected chi connectivity index (χ4v) is 3.11. The standard InChI is InChI=1S/C23H21FN4O2/c1-26(15-16-30-20-7-3-2-4-8-20)23(29)21-17-25-28(19-11-9-18(24)10-12-19)22(21)27-13-5-6-14-27/h2-14,17H,15-16H2,1H3. The molecule has 0 saturated heterocycles. The molecule has 0 aliphatic heterocycles. The van der Waals surface area contributed by atoms with Crippen molar-refractivity contribution >= 4 is 5.91 Å². The first-order valence-corrected chi connectivity index (χ1v) is 9.54. The van der Waals surface area contributed by atoms with E-state index in [0.717, 1.165) is 5.75 Å². The number of benzene rings is 2. The molecule has 0 atom stereocenters. The Morgan fingerprint density at radius 3 is 2.43 bits per heavy atom. The van der Waals surface area contributed by atoms with Gasteiger partial charge in [0.2, 0.25) is 0 Å². The average molecular weight is 404 g/mol. The van der Waals surface area contributed by atoms with E-state index < -0.39 is 0 Å². The molecule has 0 saturated carbocycles. The fourth-order valence-electron chi connectivity index (χ4n) is 3.11. The van der Waals surface area contributed by atoms with Crippen molar-refractivity contribution < 1.29 is 13.9 Å². The Morgan fingerprint density at radius 2 is 1.73 bits per heavy atom. The topological polar surface area (TPSA) is 52.3 Å². The highest BCUT2D eigenvalue weighted by Gasteiger charge is 2.22. The average Bonchev–Trinajstić information content (AvgIpc) is 3.44. The van der Waals surface area contributed by atoms with Crippen LogP contribution in [0.4, 0.5) is 4.39 Å². The number of ether oxygens (including phenoxy) is 1. The van der Waals surface area contributed by atoms with Crippen LogP contribution in [0.15, 0.2) is 85.3 Å². The second-order valence-electron chi connectivity index (χ2n) is 6.75. The Balaban J connectivity index is 1.57. The second kappa shape index (κ2) is 8.65. The van der Waals surface area contributed by atoms with Crippen LogP contribution in [0.5, 0.6) is 5.75 Å². The zero-order valence-corrected chi connectivity index (χ0v) is 16.5. The molecule has 0 bridgehead atoms. The Bertz CT molecular complexity index is 1110. The molecule has 2 heterocycles. The molecule has 4 rings (SSSR count). The lowest BCUT2D eigenvalue weighted by atomic mass is 10.2. The maximum absolute atomic E-state index is 13.3. The molecule has 1 amide bonds. The number of aromatic nitrogens is 3. The number of hydrogen-bond donors (Lipinski definition) is 0. The molecule has 0 N–H and O–H groups in total. The summed E-state index contributed by atoms with van der Waals surface area (Å²) < 4.78 is 22.5. The van der Waals surface area contributed by atoms with Crippen LogP contribution in [0.1, 0.15) is 10.4 Å². The van der Waals surface area contributed by atoms with E-state index >= 15 is 0 Å². The van der Waals surface area contributed by atoms with Crippen molar-refractivity contribution in [3.05, 3.63) is 96.7 Å². The molecule has 0 aliphatic carbocycles. The Labute approximate surface area is 173 Å². The summed E-state index contributed by atoms with van der Waals surface area (Å²) in [7, 11) is 1.73. The predicted molar refractivity (Wildman–Crippen MR) is 112 cm³/mol. The van der Waals surface area contributed by atoms with E-state index in [4.69, 9.17) is 4.74 Å². The predicted octanol–water partition coefficient (Wildman–Crippen LogP) is 3.95. The lowest BCUT2D eigenvalue weighted by Crippen LogP contribution is -2.31.